The van der Waals surface area contributed by atoms with Crippen LogP contribution in [0, 0.1) is 5.41 Å². The molecule has 1 spiro atoms. The highest BCUT2D eigenvalue weighted by molar-refractivity contribution is 7.88. The molecule has 6 nitrogen and oxygen atoms in total. The highest BCUT2D eigenvalue weighted by Gasteiger charge is 2.57. The van der Waals surface area contributed by atoms with Gasteiger partial charge in [0, 0.05) is 19.6 Å². The van der Waals surface area contributed by atoms with E-state index in [2.05, 4.69) is 10.7 Å². The molecule has 1 aromatic rings. The highest BCUT2D eigenvalue weighted by Crippen LogP contribution is 2.56. The van der Waals surface area contributed by atoms with E-state index in [4.69, 9.17) is 0 Å². The SMILES string of the molecule is CN(CC(=O)N(Cc1ccsc1)[C@@H]1CC12CCNCC2)S(C)(=O)=O. The van der Waals surface area contributed by atoms with Crippen LogP contribution in [0.4, 0.5) is 0 Å². The fourth-order valence-electron chi connectivity index (χ4n) is 3.58. The summed E-state index contributed by atoms with van der Waals surface area (Å²) in [5, 5.41) is 7.44. The molecule has 0 bridgehead atoms. The van der Waals surface area contributed by atoms with Gasteiger partial charge in [-0.3, -0.25) is 4.79 Å². The molecular formula is C16H25N3O3S2. The van der Waals surface area contributed by atoms with Crippen LogP contribution in [0.1, 0.15) is 24.8 Å². The van der Waals surface area contributed by atoms with Crippen LogP contribution in [0.3, 0.4) is 0 Å². The van der Waals surface area contributed by atoms with E-state index in [0.717, 1.165) is 48.5 Å². The van der Waals surface area contributed by atoms with Gasteiger partial charge in [0.15, 0.2) is 0 Å². The van der Waals surface area contributed by atoms with E-state index in [0.29, 0.717) is 6.54 Å². The Balaban J connectivity index is 1.74. The molecule has 0 unspecified atom stereocenters. The normalized spacial score (nSPS) is 22.7. The van der Waals surface area contributed by atoms with Gasteiger partial charge in [0.25, 0.3) is 0 Å². The summed E-state index contributed by atoms with van der Waals surface area (Å²) in [6.45, 7) is 2.48. The first-order valence-corrected chi connectivity index (χ1v) is 11.0. The number of carbonyl (C=O) groups is 1. The van der Waals surface area contributed by atoms with Gasteiger partial charge in [-0.1, -0.05) is 0 Å². The molecule has 1 aliphatic heterocycles. The van der Waals surface area contributed by atoms with Gasteiger partial charge in [0.1, 0.15) is 0 Å². The summed E-state index contributed by atoms with van der Waals surface area (Å²) in [5.41, 5.74) is 1.35. The van der Waals surface area contributed by atoms with Crippen molar-refractivity contribution in [2.24, 2.45) is 5.41 Å². The zero-order valence-electron chi connectivity index (χ0n) is 14.2. The molecule has 1 aromatic heterocycles. The summed E-state index contributed by atoms with van der Waals surface area (Å²) in [5.74, 6) is -0.102. The van der Waals surface area contributed by atoms with Gasteiger partial charge < -0.3 is 10.2 Å². The van der Waals surface area contributed by atoms with Crippen molar-refractivity contribution in [1.29, 1.82) is 0 Å². The molecule has 2 heterocycles. The van der Waals surface area contributed by atoms with Crippen molar-refractivity contribution < 1.29 is 13.2 Å². The van der Waals surface area contributed by atoms with Crippen LogP contribution in [-0.4, -0.2) is 62.5 Å². The van der Waals surface area contributed by atoms with Gasteiger partial charge in [-0.05, 0) is 60.2 Å². The van der Waals surface area contributed by atoms with Crippen molar-refractivity contribution >= 4 is 27.3 Å². The van der Waals surface area contributed by atoms with Crippen molar-refractivity contribution in [3.05, 3.63) is 22.4 Å². The Morgan fingerprint density at radius 2 is 2.12 bits per heavy atom. The van der Waals surface area contributed by atoms with Crippen LogP contribution < -0.4 is 5.32 Å². The second-order valence-electron chi connectivity index (χ2n) is 7.00. The van der Waals surface area contributed by atoms with Crippen molar-refractivity contribution in [3.8, 4) is 0 Å². The number of rotatable bonds is 6. The van der Waals surface area contributed by atoms with Crippen molar-refractivity contribution in [2.75, 3.05) is 32.9 Å². The van der Waals surface area contributed by atoms with Crippen LogP contribution in [0.25, 0.3) is 0 Å². The number of carbonyl (C=O) groups excluding carboxylic acids is 1. The van der Waals surface area contributed by atoms with Gasteiger partial charge in [0.05, 0.1) is 12.8 Å². The number of nitrogens with zero attached hydrogens (tertiary/aromatic N) is 2. The Labute approximate surface area is 147 Å². The molecule has 1 N–H and O–H groups in total. The summed E-state index contributed by atoms with van der Waals surface area (Å²) in [6, 6.07) is 2.27. The Bertz CT molecular complexity index is 681. The number of hydrogen-bond acceptors (Lipinski definition) is 5. The first kappa shape index (κ1) is 17.8. The topological polar surface area (TPSA) is 69.7 Å². The molecule has 0 radical (unpaired) electrons. The molecule has 8 heteroatoms. The number of sulfonamides is 1. The van der Waals surface area contributed by atoms with Crippen molar-refractivity contribution in [2.45, 2.75) is 31.8 Å². The molecule has 1 saturated heterocycles. The number of thiophene rings is 1. The maximum absolute atomic E-state index is 12.8. The lowest BCUT2D eigenvalue weighted by atomic mass is 9.93. The highest BCUT2D eigenvalue weighted by atomic mass is 32.2. The molecule has 24 heavy (non-hydrogen) atoms. The first-order chi connectivity index (χ1) is 11.3. The Kier molecular flexibility index (Phi) is 5.01. The van der Waals surface area contributed by atoms with Crippen LogP contribution in [0.5, 0.6) is 0 Å². The van der Waals surface area contributed by atoms with Crippen molar-refractivity contribution in [1.82, 2.24) is 14.5 Å². The van der Waals surface area contributed by atoms with E-state index < -0.39 is 10.0 Å². The molecule has 134 valence electrons. The Hall–Kier alpha value is -0.960. The molecule has 2 aliphatic rings. The van der Waals surface area contributed by atoms with Crippen LogP contribution in [-0.2, 0) is 21.4 Å². The van der Waals surface area contributed by atoms with E-state index in [9.17, 15) is 13.2 Å². The number of nitrogens with one attached hydrogen (secondary N) is 1. The van der Waals surface area contributed by atoms with Crippen molar-refractivity contribution in [3.63, 3.8) is 0 Å². The predicted molar refractivity (Wildman–Crippen MR) is 95.3 cm³/mol. The number of likely N-dealkylation sites (N-methyl/N-ethyl adjacent to an activating group) is 1. The summed E-state index contributed by atoms with van der Waals surface area (Å²) in [6.07, 6.45) is 4.35. The second-order valence-corrected chi connectivity index (χ2v) is 9.87. The predicted octanol–water partition coefficient (Wildman–Crippen LogP) is 1.11. The third-order valence-electron chi connectivity index (χ3n) is 5.30. The summed E-state index contributed by atoms with van der Waals surface area (Å²) in [7, 11) is -1.89. The van der Waals surface area contributed by atoms with Crippen LogP contribution >= 0.6 is 11.3 Å². The average molecular weight is 372 g/mol. The zero-order chi connectivity index (χ0) is 17.4. The van der Waals surface area contributed by atoms with E-state index in [1.165, 1.54) is 7.05 Å². The number of amides is 1. The number of hydrogen-bond donors (Lipinski definition) is 1. The molecule has 1 amide bonds. The maximum atomic E-state index is 12.8. The monoisotopic (exact) mass is 371 g/mol. The minimum absolute atomic E-state index is 0.0895. The molecule has 1 atom stereocenters. The molecule has 2 fully saturated rings. The molecule has 1 aliphatic carbocycles. The van der Waals surface area contributed by atoms with Crippen LogP contribution in [0.15, 0.2) is 16.8 Å². The number of piperidine rings is 1. The lowest BCUT2D eigenvalue weighted by Gasteiger charge is -2.30. The van der Waals surface area contributed by atoms with E-state index in [1.54, 1.807) is 11.3 Å². The summed E-state index contributed by atoms with van der Waals surface area (Å²) < 4.78 is 24.4. The van der Waals surface area contributed by atoms with Gasteiger partial charge in [-0.25, -0.2) is 8.42 Å². The third-order valence-corrected chi connectivity index (χ3v) is 7.29. The molecule has 3 rings (SSSR count). The van der Waals surface area contributed by atoms with E-state index in [-0.39, 0.29) is 23.9 Å². The molecule has 1 saturated carbocycles. The molecular weight excluding hydrogens is 346 g/mol. The lowest BCUT2D eigenvalue weighted by molar-refractivity contribution is -0.133. The van der Waals surface area contributed by atoms with Crippen LogP contribution in [0.2, 0.25) is 0 Å². The van der Waals surface area contributed by atoms with E-state index in [1.807, 2.05) is 16.3 Å². The third kappa shape index (κ3) is 3.82. The fraction of sp³-hybridized carbons (Fsp3) is 0.688. The standard InChI is InChI=1S/C16H25N3O3S2/c1-18(24(2,21)22)11-15(20)19(10-13-3-8-23-12-13)14-9-16(14)4-6-17-7-5-16/h3,8,12,14,17H,4-7,9-11H2,1-2H3/t14-/m1/s1. The second kappa shape index (κ2) is 6.74. The average Bonchev–Trinajstić information content (AvgIpc) is 2.97. The summed E-state index contributed by atoms with van der Waals surface area (Å²) in [4.78, 5) is 14.8. The Morgan fingerprint density at radius 1 is 1.42 bits per heavy atom. The molecule has 0 aromatic carbocycles. The minimum atomic E-state index is -3.35. The maximum Gasteiger partial charge on any atom is 0.238 e. The summed E-state index contributed by atoms with van der Waals surface area (Å²) >= 11 is 1.62. The smallest absolute Gasteiger partial charge is 0.238 e. The minimum Gasteiger partial charge on any atom is -0.334 e. The quantitative estimate of drug-likeness (QED) is 0.813. The largest absolute Gasteiger partial charge is 0.334 e. The lowest BCUT2D eigenvalue weighted by Crippen LogP contribution is -2.44. The van der Waals surface area contributed by atoms with Gasteiger partial charge in [-0.15, -0.1) is 0 Å². The Morgan fingerprint density at radius 3 is 2.71 bits per heavy atom. The van der Waals surface area contributed by atoms with Gasteiger partial charge in [-0.2, -0.15) is 15.6 Å². The van der Waals surface area contributed by atoms with Gasteiger partial charge in [0.2, 0.25) is 15.9 Å². The van der Waals surface area contributed by atoms with E-state index >= 15 is 0 Å². The zero-order valence-corrected chi connectivity index (χ0v) is 15.8. The first-order valence-electron chi connectivity index (χ1n) is 8.24. The van der Waals surface area contributed by atoms with Gasteiger partial charge >= 0.3 is 0 Å². The fourth-order valence-corrected chi connectivity index (χ4v) is 4.58.